The van der Waals surface area contributed by atoms with Gasteiger partial charge in [0.05, 0.1) is 23.5 Å². The number of carbonyl (C=O) groups is 1. The molecule has 12 heteroatoms. The molecule has 0 saturated carbocycles. The second kappa shape index (κ2) is 9.65. The molecule has 4 aromatic rings. The fourth-order valence-electron chi connectivity index (χ4n) is 5.24. The predicted molar refractivity (Wildman–Crippen MR) is 140 cm³/mol. The summed E-state index contributed by atoms with van der Waals surface area (Å²) in [7, 11) is 1.86. The summed E-state index contributed by atoms with van der Waals surface area (Å²) in [5.41, 5.74) is 4.73. The number of piperazine rings is 1. The van der Waals surface area contributed by atoms with E-state index in [0.717, 1.165) is 28.1 Å². The molecule has 39 heavy (non-hydrogen) atoms. The molecular weight excluding hydrogens is 504 g/mol. The number of hydrogen-bond acceptors (Lipinski definition) is 6. The second-order valence-electron chi connectivity index (χ2n) is 10.0. The van der Waals surface area contributed by atoms with Crippen molar-refractivity contribution in [3.63, 3.8) is 0 Å². The van der Waals surface area contributed by atoms with Crippen LogP contribution in [0, 0.1) is 11.3 Å². The highest BCUT2D eigenvalue weighted by atomic mass is 19.3. The zero-order valence-electron chi connectivity index (χ0n) is 21.5. The SMILES string of the molecule is Cn1cc(-c2cc(-c3ccc(N4CCN(C(=O)N5CCC(F)(F)CC5)CC4)nc3)c3c(C#N)cnn3c2)cn1. The van der Waals surface area contributed by atoms with Crippen molar-refractivity contribution in [2.75, 3.05) is 44.2 Å². The van der Waals surface area contributed by atoms with Crippen LogP contribution in [0.15, 0.2) is 49.2 Å². The minimum Gasteiger partial charge on any atom is -0.353 e. The number of fused-ring (bicyclic) bond motifs is 1. The van der Waals surface area contributed by atoms with Crippen LogP contribution in [0.3, 0.4) is 0 Å². The molecular formula is C27H27F2N9O. The summed E-state index contributed by atoms with van der Waals surface area (Å²) in [6, 6.07) is 8.00. The number of aryl methyl sites for hydroxylation is 1. The van der Waals surface area contributed by atoms with Gasteiger partial charge in [0.15, 0.2) is 0 Å². The average Bonchev–Trinajstić information content (AvgIpc) is 3.58. The molecule has 0 atom stereocenters. The van der Waals surface area contributed by atoms with E-state index < -0.39 is 5.92 Å². The molecule has 4 aromatic heterocycles. The van der Waals surface area contributed by atoms with E-state index in [0.29, 0.717) is 37.3 Å². The highest BCUT2D eigenvalue weighted by molar-refractivity contribution is 5.87. The third-order valence-corrected chi connectivity index (χ3v) is 7.47. The van der Waals surface area contributed by atoms with Gasteiger partial charge in [-0.05, 0) is 18.2 Å². The lowest BCUT2D eigenvalue weighted by molar-refractivity contribution is -0.0492. The minimum atomic E-state index is -2.67. The Morgan fingerprint density at radius 1 is 0.923 bits per heavy atom. The molecule has 2 aliphatic rings. The number of pyridine rings is 2. The summed E-state index contributed by atoms with van der Waals surface area (Å²) in [5, 5.41) is 18.3. The zero-order valence-corrected chi connectivity index (χ0v) is 21.5. The van der Waals surface area contributed by atoms with Crippen LogP contribution in [0.5, 0.6) is 0 Å². The van der Waals surface area contributed by atoms with E-state index in [9.17, 15) is 18.8 Å². The first-order valence-electron chi connectivity index (χ1n) is 12.8. The molecule has 6 heterocycles. The maximum Gasteiger partial charge on any atom is 0.320 e. The van der Waals surface area contributed by atoms with Gasteiger partial charge in [-0.2, -0.15) is 15.5 Å². The van der Waals surface area contributed by atoms with E-state index >= 15 is 0 Å². The molecule has 200 valence electrons. The molecule has 2 aliphatic heterocycles. The molecule has 0 aliphatic carbocycles. The molecule has 6 rings (SSSR count). The number of aromatic nitrogens is 5. The monoisotopic (exact) mass is 531 g/mol. The van der Waals surface area contributed by atoms with Gasteiger partial charge in [0.1, 0.15) is 11.9 Å². The highest BCUT2D eigenvalue weighted by Gasteiger charge is 2.37. The summed E-state index contributed by atoms with van der Waals surface area (Å²) in [4.78, 5) is 22.9. The van der Waals surface area contributed by atoms with E-state index in [2.05, 4.69) is 21.2 Å². The number of nitriles is 1. The summed E-state index contributed by atoms with van der Waals surface area (Å²) < 4.78 is 30.4. The van der Waals surface area contributed by atoms with Gasteiger partial charge in [-0.15, -0.1) is 0 Å². The Morgan fingerprint density at radius 3 is 2.31 bits per heavy atom. The molecule has 0 radical (unpaired) electrons. The first-order chi connectivity index (χ1) is 18.8. The molecule has 0 unspecified atom stereocenters. The summed E-state index contributed by atoms with van der Waals surface area (Å²) in [6.07, 6.45) is 8.39. The largest absolute Gasteiger partial charge is 0.353 e. The van der Waals surface area contributed by atoms with Crippen molar-refractivity contribution in [2.24, 2.45) is 7.05 Å². The van der Waals surface area contributed by atoms with Crippen LogP contribution in [0.2, 0.25) is 0 Å². The van der Waals surface area contributed by atoms with Gasteiger partial charge in [-0.1, -0.05) is 0 Å². The lowest BCUT2D eigenvalue weighted by atomic mass is 10.0. The average molecular weight is 532 g/mol. The first kappa shape index (κ1) is 24.8. The number of amides is 2. The number of anilines is 1. The Bertz CT molecular complexity index is 1550. The maximum atomic E-state index is 13.5. The van der Waals surface area contributed by atoms with Gasteiger partial charge < -0.3 is 14.7 Å². The van der Waals surface area contributed by atoms with E-state index in [1.54, 1.807) is 32.7 Å². The number of halogens is 2. The summed E-state index contributed by atoms with van der Waals surface area (Å²) >= 11 is 0. The van der Waals surface area contributed by atoms with Crippen molar-refractivity contribution in [1.82, 2.24) is 34.2 Å². The second-order valence-corrected chi connectivity index (χ2v) is 10.0. The molecule has 0 aromatic carbocycles. The third-order valence-electron chi connectivity index (χ3n) is 7.47. The molecule has 0 bridgehead atoms. The normalized spacial score (nSPS) is 17.4. The molecule has 2 amide bonds. The number of rotatable bonds is 3. The molecule has 0 spiro atoms. The number of hydrogen-bond donors (Lipinski definition) is 0. The van der Waals surface area contributed by atoms with E-state index in [-0.39, 0.29) is 32.0 Å². The van der Waals surface area contributed by atoms with Crippen LogP contribution in [-0.4, -0.2) is 85.4 Å². The quantitative estimate of drug-likeness (QED) is 0.400. The van der Waals surface area contributed by atoms with Gasteiger partial charge in [0.2, 0.25) is 0 Å². The first-order valence-corrected chi connectivity index (χ1v) is 12.8. The Kier molecular flexibility index (Phi) is 6.13. The van der Waals surface area contributed by atoms with E-state index in [4.69, 9.17) is 4.98 Å². The maximum absolute atomic E-state index is 13.5. The lowest BCUT2D eigenvalue weighted by Gasteiger charge is -2.40. The molecule has 10 nitrogen and oxygen atoms in total. The number of alkyl halides is 2. The zero-order chi connectivity index (χ0) is 27.1. The van der Waals surface area contributed by atoms with Crippen molar-refractivity contribution in [3.8, 4) is 28.3 Å². The Labute approximate surface area is 223 Å². The van der Waals surface area contributed by atoms with Crippen LogP contribution in [0.4, 0.5) is 19.4 Å². The lowest BCUT2D eigenvalue weighted by Crippen LogP contribution is -2.55. The van der Waals surface area contributed by atoms with Gasteiger partial charge >= 0.3 is 6.03 Å². The standard InChI is InChI=1S/C27H27F2N9O/c1-34-17-22(16-32-34)20-12-23(25-21(13-30)15-33-38(25)18-20)19-2-3-24(31-14-19)35-8-10-37(11-9-35)26(39)36-6-4-27(28,29)5-7-36/h2-3,12,14-18H,4-11H2,1H3. The van der Waals surface area contributed by atoms with Crippen molar-refractivity contribution >= 4 is 17.4 Å². The smallest absolute Gasteiger partial charge is 0.320 e. The minimum absolute atomic E-state index is 0.0923. The Balaban J connectivity index is 1.19. The van der Waals surface area contributed by atoms with Crippen LogP contribution >= 0.6 is 0 Å². The highest BCUT2D eigenvalue weighted by Crippen LogP contribution is 2.32. The van der Waals surface area contributed by atoms with Crippen LogP contribution in [0.1, 0.15) is 18.4 Å². The molecule has 2 saturated heterocycles. The Morgan fingerprint density at radius 2 is 1.67 bits per heavy atom. The van der Waals surface area contributed by atoms with Crippen molar-refractivity contribution in [1.29, 1.82) is 5.26 Å². The fourth-order valence-corrected chi connectivity index (χ4v) is 5.24. The van der Waals surface area contributed by atoms with Crippen molar-refractivity contribution in [2.45, 2.75) is 18.8 Å². The third kappa shape index (κ3) is 4.76. The van der Waals surface area contributed by atoms with E-state index in [1.807, 2.05) is 37.6 Å². The summed E-state index contributed by atoms with van der Waals surface area (Å²) in [6.45, 7) is 2.40. The fraction of sp³-hybridized carbons (Fsp3) is 0.370. The topological polar surface area (TPSA) is 98.6 Å². The Hall–Kier alpha value is -4.53. The van der Waals surface area contributed by atoms with Gasteiger partial charge in [0, 0.05) is 100 Å². The molecule has 2 fully saturated rings. The number of likely N-dealkylation sites (tertiary alicyclic amines) is 1. The molecule has 0 N–H and O–H groups in total. The van der Waals surface area contributed by atoms with Crippen LogP contribution in [-0.2, 0) is 7.05 Å². The number of nitrogens with zero attached hydrogens (tertiary/aromatic N) is 9. The van der Waals surface area contributed by atoms with Gasteiger partial charge in [0.25, 0.3) is 5.92 Å². The summed E-state index contributed by atoms with van der Waals surface area (Å²) in [5.74, 6) is -1.88. The van der Waals surface area contributed by atoms with Gasteiger partial charge in [-0.25, -0.2) is 23.1 Å². The van der Waals surface area contributed by atoms with Gasteiger partial charge in [-0.3, -0.25) is 4.68 Å². The van der Waals surface area contributed by atoms with Crippen molar-refractivity contribution in [3.05, 3.63) is 54.7 Å². The van der Waals surface area contributed by atoms with Crippen molar-refractivity contribution < 1.29 is 13.6 Å². The number of carbonyl (C=O) groups excluding carboxylic acids is 1. The number of piperidine rings is 1. The van der Waals surface area contributed by atoms with Crippen LogP contribution < -0.4 is 4.90 Å². The van der Waals surface area contributed by atoms with E-state index in [1.165, 1.54) is 4.90 Å². The number of urea groups is 1. The van der Waals surface area contributed by atoms with Crippen LogP contribution in [0.25, 0.3) is 27.8 Å². The predicted octanol–water partition coefficient (Wildman–Crippen LogP) is 3.64.